The number of aliphatic hydroxyl groups is 11. The van der Waals surface area contributed by atoms with Gasteiger partial charge < -0.3 is 89.9 Å². The number of carbonyl (C=O) groups is 1. The van der Waals surface area contributed by atoms with E-state index >= 15 is 0 Å². The Labute approximate surface area is 611 Å². The predicted octanol–water partition coefficient (Wildman–Crippen LogP) is 13.8. The van der Waals surface area contributed by atoms with Crippen molar-refractivity contribution in [2.24, 2.45) is 0 Å². The van der Waals surface area contributed by atoms with Gasteiger partial charge in [0.05, 0.1) is 38.6 Å². The molecule has 17 atom stereocenters. The smallest absolute Gasteiger partial charge is 0.220 e. The molecule has 3 aliphatic heterocycles. The normalized spacial score (nSPS) is 26.6. The molecule has 0 aromatic heterocycles. The van der Waals surface area contributed by atoms with Gasteiger partial charge in [0.2, 0.25) is 5.91 Å². The number of rotatable bonds is 65. The van der Waals surface area contributed by atoms with Crippen LogP contribution in [0.25, 0.3) is 0 Å². The SMILES string of the molecule is CC/C=C\C/C=C\C/C=C\C/C=C\C/C=C\CCCCCCCCCCCCCCCCCCCCCCCC(=O)NC(COC1OC(CO)C(OC2OC(CO)C(OC3OC(CO)C(O)C(O)C3O)C(O)C2O)C(O)C1O)C(O)CCCCCCCCCCCCCCCCCCCCC. The van der Waals surface area contributed by atoms with E-state index in [1.54, 1.807) is 0 Å². The van der Waals surface area contributed by atoms with E-state index < -0.39 is 124 Å². The molecule has 3 fully saturated rings. The Hall–Kier alpha value is -2.51. The maximum absolute atomic E-state index is 13.5. The van der Waals surface area contributed by atoms with Gasteiger partial charge in [0, 0.05) is 6.42 Å². The van der Waals surface area contributed by atoms with Crippen molar-refractivity contribution in [2.45, 2.75) is 426 Å². The second kappa shape index (κ2) is 62.5. The van der Waals surface area contributed by atoms with Crippen LogP contribution in [0.1, 0.15) is 322 Å². The summed E-state index contributed by atoms with van der Waals surface area (Å²) in [4.78, 5) is 13.5. The molecule has 19 nitrogen and oxygen atoms in total. The summed E-state index contributed by atoms with van der Waals surface area (Å²) in [6.07, 6.45) is 53.2. The summed E-state index contributed by atoms with van der Waals surface area (Å²) < 4.78 is 34.5. The molecule has 3 rings (SSSR count). The fraction of sp³-hybridized carbons (Fsp3) is 0.866. The van der Waals surface area contributed by atoms with Gasteiger partial charge >= 0.3 is 0 Å². The molecule has 3 heterocycles. The molecule has 19 heteroatoms. The van der Waals surface area contributed by atoms with Gasteiger partial charge in [-0.3, -0.25) is 4.79 Å². The number of hydrogen-bond donors (Lipinski definition) is 12. The van der Waals surface area contributed by atoms with E-state index in [9.17, 15) is 61.0 Å². The number of amides is 1. The topological polar surface area (TPSA) is 307 Å². The van der Waals surface area contributed by atoms with Crippen molar-refractivity contribution >= 4 is 5.91 Å². The Bertz CT molecular complexity index is 2060. The van der Waals surface area contributed by atoms with Crippen LogP contribution in [0, 0.1) is 0 Å². The van der Waals surface area contributed by atoms with Crippen LogP contribution >= 0.6 is 0 Å². The number of allylic oxidation sites excluding steroid dienone is 10. The van der Waals surface area contributed by atoms with Crippen LogP contribution in [0.15, 0.2) is 60.8 Å². The molecule has 0 bridgehead atoms. The van der Waals surface area contributed by atoms with Crippen LogP contribution in [0.3, 0.4) is 0 Å². The Morgan fingerprint density at radius 2 is 0.683 bits per heavy atom. The quantitative estimate of drug-likeness (QED) is 0.0199. The van der Waals surface area contributed by atoms with E-state index in [0.29, 0.717) is 12.8 Å². The van der Waals surface area contributed by atoms with Crippen molar-refractivity contribution in [1.82, 2.24) is 5.32 Å². The molecule has 3 saturated heterocycles. The molecule has 590 valence electrons. The molecule has 1 amide bonds. The van der Waals surface area contributed by atoms with E-state index in [-0.39, 0.29) is 18.9 Å². The summed E-state index contributed by atoms with van der Waals surface area (Å²) in [5.74, 6) is -0.238. The second-order valence-corrected chi connectivity index (χ2v) is 29.2. The highest BCUT2D eigenvalue weighted by Crippen LogP contribution is 2.33. The summed E-state index contributed by atoms with van der Waals surface area (Å²) in [6.45, 7) is 1.73. The molecule has 0 radical (unpaired) electrons. The molecule has 3 aliphatic rings. The predicted molar refractivity (Wildman–Crippen MR) is 402 cm³/mol. The van der Waals surface area contributed by atoms with Gasteiger partial charge in [-0.2, -0.15) is 0 Å². The highest BCUT2D eigenvalue weighted by Gasteiger charge is 2.54. The molecule has 101 heavy (non-hydrogen) atoms. The van der Waals surface area contributed by atoms with Crippen molar-refractivity contribution in [2.75, 3.05) is 26.4 Å². The minimum Gasteiger partial charge on any atom is -0.394 e. The largest absolute Gasteiger partial charge is 0.394 e. The molecule has 12 N–H and O–H groups in total. The molecule has 0 aliphatic carbocycles. The summed E-state index contributed by atoms with van der Waals surface area (Å²) in [6, 6.07) is -0.888. The van der Waals surface area contributed by atoms with E-state index in [4.69, 9.17) is 28.4 Å². The first-order valence-electron chi connectivity index (χ1n) is 41.0. The van der Waals surface area contributed by atoms with Crippen molar-refractivity contribution in [1.29, 1.82) is 0 Å². The molecular formula is C82H149NO18. The highest BCUT2D eigenvalue weighted by atomic mass is 16.8. The molecular weight excluding hydrogens is 1290 g/mol. The monoisotopic (exact) mass is 1440 g/mol. The number of unbranched alkanes of at least 4 members (excludes halogenated alkanes) is 39. The average Bonchev–Trinajstić information content (AvgIpc) is 0.789. The first kappa shape index (κ1) is 92.7. The first-order chi connectivity index (χ1) is 49.3. The van der Waals surface area contributed by atoms with Crippen LogP contribution in [0.5, 0.6) is 0 Å². The number of nitrogens with one attached hydrogen (secondary N) is 1. The summed E-state index contributed by atoms with van der Waals surface area (Å²) in [5, 5.41) is 121. The minimum absolute atomic E-state index is 0.238. The highest BCUT2D eigenvalue weighted by molar-refractivity contribution is 5.76. The molecule has 0 aromatic carbocycles. The average molecular weight is 1440 g/mol. The van der Waals surface area contributed by atoms with Crippen molar-refractivity contribution in [3.8, 4) is 0 Å². The lowest BCUT2D eigenvalue weighted by molar-refractivity contribution is -0.379. The number of ether oxygens (including phenoxy) is 6. The fourth-order valence-electron chi connectivity index (χ4n) is 13.8. The number of hydrogen-bond acceptors (Lipinski definition) is 18. The summed E-state index contributed by atoms with van der Waals surface area (Å²) >= 11 is 0. The number of aliphatic hydroxyl groups excluding tert-OH is 11. The lowest BCUT2D eigenvalue weighted by Crippen LogP contribution is -2.66. The van der Waals surface area contributed by atoms with Crippen LogP contribution < -0.4 is 5.32 Å². The zero-order chi connectivity index (χ0) is 73.2. The number of carbonyl (C=O) groups excluding carboxylic acids is 1. The van der Waals surface area contributed by atoms with Gasteiger partial charge in [-0.1, -0.05) is 319 Å². The van der Waals surface area contributed by atoms with Crippen LogP contribution in [0.2, 0.25) is 0 Å². The Morgan fingerprint density at radius 3 is 1.07 bits per heavy atom. The van der Waals surface area contributed by atoms with Gasteiger partial charge in [0.15, 0.2) is 18.9 Å². The zero-order valence-electron chi connectivity index (χ0n) is 63.1. The van der Waals surface area contributed by atoms with Crippen molar-refractivity contribution in [3.63, 3.8) is 0 Å². The van der Waals surface area contributed by atoms with E-state index in [2.05, 4.69) is 79.9 Å². The van der Waals surface area contributed by atoms with Gasteiger partial charge in [-0.15, -0.1) is 0 Å². The lowest BCUT2D eigenvalue weighted by Gasteiger charge is -2.48. The zero-order valence-corrected chi connectivity index (χ0v) is 63.1. The maximum atomic E-state index is 13.5. The van der Waals surface area contributed by atoms with E-state index in [1.165, 1.54) is 212 Å². The Balaban J connectivity index is 1.32. The molecule has 0 spiro atoms. The van der Waals surface area contributed by atoms with Crippen LogP contribution in [-0.2, 0) is 33.2 Å². The minimum atomic E-state index is -1.97. The molecule has 17 unspecified atom stereocenters. The van der Waals surface area contributed by atoms with Gasteiger partial charge in [0.1, 0.15) is 73.2 Å². The third kappa shape index (κ3) is 42.6. The maximum Gasteiger partial charge on any atom is 0.220 e. The van der Waals surface area contributed by atoms with Gasteiger partial charge in [0.25, 0.3) is 0 Å². The lowest BCUT2D eigenvalue weighted by atomic mass is 9.96. The van der Waals surface area contributed by atoms with Crippen LogP contribution in [-0.4, -0.2) is 193 Å². The first-order valence-corrected chi connectivity index (χ1v) is 41.0. The third-order valence-electron chi connectivity index (χ3n) is 20.4. The van der Waals surface area contributed by atoms with Crippen molar-refractivity contribution < 1.29 is 89.4 Å². The Kier molecular flexibility index (Phi) is 57.4. The summed E-state index contributed by atoms with van der Waals surface area (Å²) in [5.41, 5.74) is 0. The Morgan fingerprint density at radius 1 is 0.366 bits per heavy atom. The second-order valence-electron chi connectivity index (χ2n) is 29.2. The van der Waals surface area contributed by atoms with Gasteiger partial charge in [-0.25, -0.2) is 0 Å². The fourth-order valence-corrected chi connectivity index (χ4v) is 13.8. The van der Waals surface area contributed by atoms with Crippen LogP contribution in [0.4, 0.5) is 0 Å². The van der Waals surface area contributed by atoms with Crippen molar-refractivity contribution in [3.05, 3.63) is 60.8 Å². The molecule has 0 saturated carbocycles. The van der Waals surface area contributed by atoms with Gasteiger partial charge in [-0.05, 0) is 57.8 Å². The summed E-state index contributed by atoms with van der Waals surface area (Å²) in [7, 11) is 0. The standard InChI is InChI=1S/C82H149NO18/c1-3-5-7-9-11-13-15-17-19-21-23-24-25-26-27-28-29-30-31-32-33-34-35-36-37-38-39-40-42-44-46-48-50-52-54-56-58-60-70(88)83-65(66(87)59-57-55-53-51-49-47-45-43-41-22-20-18-16-14-12-10-8-6-4-2)64-96-80-76(94)73(91)78(68(62-85)98-80)101-82-77(95)74(92)79(69(63-86)99-82)100-81-75(93)72(90)71(89)67(61-84)97-81/h5,7,11,13,17,19,23-24,26-27,65-69,71-82,84-87,89-95H,3-4,6,8-10,12,14-16,18,20-22,25,28-64H2,1-2H3,(H,83,88)/b7-5-,13-11-,19-17-,24-23-,27-26-. The third-order valence-corrected chi connectivity index (χ3v) is 20.4. The van der Waals surface area contributed by atoms with E-state index in [0.717, 1.165) is 77.0 Å². The molecule has 0 aromatic rings. The van der Waals surface area contributed by atoms with E-state index in [1.807, 2.05) is 0 Å².